The molecule has 5 nitrogen and oxygen atoms in total. The van der Waals surface area contributed by atoms with Crippen LogP contribution in [0.15, 0.2) is 0 Å². The summed E-state index contributed by atoms with van der Waals surface area (Å²) in [6, 6.07) is 0.0827. The summed E-state index contributed by atoms with van der Waals surface area (Å²) in [7, 11) is 1.61. The normalized spacial score (nSPS) is 25.8. The molecule has 1 saturated heterocycles. The Balaban J connectivity index is 2.86. The molecule has 0 aromatic carbocycles. The molecular formula is C12H24N2O3. The van der Waals surface area contributed by atoms with E-state index in [4.69, 9.17) is 10.5 Å². The van der Waals surface area contributed by atoms with Crippen molar-refractivity contribution in [3.63, 3.8) is 0 Å². The number of carboxylic acids is 1. The lowest BCUT2D eigenvalue weighted by atomic mass is 9.86. The van der Waals surface area contributed by atoms with E-state index in [1.54, 1.807) is 14.0 Å². The van der Waals surface area contributed by atoms with E-state index < -0.39 is 17.1 Å². The first-order valence-corrected chi connectivity index (χ1v) is 6.00. The van der Waals surface area contributed by atoms with Gasteiger partial charge in [0.1, 0.15) is 5.54 Å². The van der Waals surface area contributed by atoms with E-state index in [9.17, 15) is 9.90 Å². The average Bonchev–Trinajstić information content (AvgIpc) is 2.64. The van der Waals surface area contributed by atoms with Crippen LogP contribution in [0.25, 0.3) is 0 Å². The number of carboxylic acid groups (broad SMARTS) is 1. The number of aliphatic carboxylic acids is 1. The second kappa shape index (κ2) is 4.92. The van der Waals surface area contributed by atoms with E-state index >= 15 is 0 Å². The van der Waals surface area contributed by atoms with Crippen LogP contribution in [0.4, 0.5) is 0 Å². The highest BCUT2D eigenvalue weighted by atomic mass is 16.5. The molecule has 1 rings (SSSR count). The van der Waals surface area contributed by atoms with Gasteiger partial charge in [-0.3, -0.25) is 9.69 Å². The van der Waals surface area contributed by atoms with Gasteiger partial charge in [0, 0.05) is 32.7 Å². The summed E-state index contributed by atoms with van der Waals surface area (Å²) in [6.45, 7) is 6.95. The largest absolute Gasteiger partial charge is 0.480 e. The van der Waals surface area contributed by atoms with E-state index in [1.165, 1.54) is 0 Å². The van der Waals surface area contributed by atoms with Gasteiger partial charge in [-0.05, 0) is 27.2 Å². The number of rotatable bonds is 5. The highest BCUT2D eigenvalue weighted by molar-refractivity contribution is 5.78. The lowest BCUT2D eigenvalue weighted by Crippen LogP contribution is -2.55. The van der Waals surface area contributed by atoms with Gasteiger partial charge in [0.2, 0.25) is 0 Å². The Bertz CT molecular complexity index is 293. The SMILES string of the molecule is COC(C)(C)CC(C)(C(=O)O)N1CCC(N)C1. The van der Waals surface area contributed by atoms with Gasteiger partial charge in [-0.1, -0.05) is 0 Å². The summed E-state index contributed by atoms with van der Waals surface area (Å²) < 4.78 is 5.35. The number of likely N-dealkylation sites (tertiary alicyclic amines) is 1. The first kappa shape index (κ1) is 14.4. The van der Waals surface area contributed by atoms with Gasteiger partial charge >= 0.3 is 5.97 Å². The predicted octanol–water partition coefficient (Wildman–Crippen LogP) is 0.678. The summed E-state index contributed by atoms with van der Waals surface area (Å²) in [5, 5.41) is 9.50. The second-order valence-electron chi connectivity index (χ2n) is 5.71. The molecule has 1 aliphatic rings. The van der Waals surface area contributed by atoms with Crippen molar-refractivity contribution in [3.8, 4) is 0 Å². The number of methoxy groups -OCH3 is 1. The number of carbonyl (C=O) groups is 1. The minimum atomic E-state index is -0.909. The molecule has 0 bridgehead atoms. The van der Waals surface area contributed by atoms with Crippen LogP contribution >= 0.6 is 0 Å². The van der Waals surface area contributed by atoms with Gasteiger partial charge in [-0.25, -0.2) is 0 Å². The van der Waals surface area contributed by atoms with Crippen molar-refractivity contribution in [1.82, 2.24) is 4.90 Å². The van der Waals surface area contributed by atoms with Gasteiger partial charge in [0.15, 0.2) is 0 Å². The fourth-order valence-corrected chi connectivity index (χ4v) is 2.46. The van der Waals surface area contributed by atoms with Crippen LogP contribution in [0.3, 0.4) is 0 Å². The Morgan fingerprint density at radius 2 is 2.12 bits per heavy atom. The minimum absolute atomic E-state index is 0.0827. The Morgan fingerprint density at radius 1 is 1.53 bits per heavy atom. The Morgan fingerprint density at radius 3 is 2.47 bits per heavy atom. The third-order valence-corrected chi connectivity index (χ3v) is 3.71. The molecule has 5 heteroatoms. The van der Waals surface area contributed by atoms with Gasteiger partial charge in [-0.2, -0.15) is 0 Å². The zero-order chi connectivity index (χ0) is 13.3. The average molecular weight is 244 g/mol. The number of nitrogens with two attached hydrogens (primary N) is 1. The summed E-state index contributed by atoms with van der Waals surface area (Å²) in [6.07, 6.45) is 1.30. The molecule has 1 fully saturated rings. The van der Waals surface area contributed by atoms with Crippen molar-refractivity contribution >= 4 is 5.97 Å². The first-order chi connectivity index (χ1) is 7.71. The molecule has 17 heavy (non-hydrogen) atoms. The van der Waals surface area contributed by atoms with Gasteiger partial charge in [0.05, 0.1) is 5.60 Å². The van der Waals surface area contributed by atoms with Crippen LogP contribution in [0.2, 0.25) is 0 Å². The van der Waals surface area contributed by atoms with Crippen LogP contribution in [0.1, 0.15) is 33.6 Å². The zero-order valence-electron chi connectivity index (χ0n) is 11.2. The van der Waals surface area contributed by atoms with E-state index in [0.717, 1.165) is 13.0 Å². The molecule has 0 spiro atoms. The lowest BCUT2D eigenvalue weighted by Gasteiger charge is -2.40. The van der Waals surface area contributed by atoms with E-state index in [1.807, 2.05) is 18.7 Å². The summed E-state index contributed by atoms with van der Waals surface area (Å²) >= 11 is 0. The second-order valence-corrected chi connectivity index (χ2v) is 5.71. The van der Waals surface area contributed by atoms with Gasteiger partial charge in [-0.15, -0.1) is 0 Å². The molecule has 0 aromatic heterocycles. The maximum atomic E-state index is 11.6. The fraction of sp³-hybridized carbons (Fsp3) is 0.917. The van der Waals surface area contributed by atoms with Crippen LogP contribution in [-0.2, 0) is 9.53 Å². The quantitative estimate of drug-likeness (QED) is 0.743. The highest BCUT2D eigenvalue weighted by Crippen LogP contribution is 2.31. The molecule has 0 saturated carbocycles. The minimum Gasteiger partial charge on any atom is -0.480 e. The molecule has 2 atom stereocenters. The third-order valence-electron chi connectivity index (χ3n) is 3.71. The first-order valence-electron chi connectivity index (χ1n) is 6.00. The molecule has 0 amide bonds. The number of ether oxygens (including phenoxy) is 1. The highest BCUT2D eigenvalue weighted by Gasteiger charge is 2.45. The Hall–Kier alpha value is -0.650. The maximum absolute atomic E-state index is 11.6. The Labute approximate surface area is 103 Å². The standard InChI is InChI=1S/C12H24N2O3/c1-11(2,17-4)8-12(3,10(15)16)14-6-5-9(13)7-14/h9H,5-8,13H2,1-4H3,(H,15,16). The lowest BCUT2D eigenvalue weighted by molar-refractivity contribution is -0.154. The van der Waals surface area contributed by atoms with Crippen molar-refractivity contribution in [2.24, 2.45) is 5.73 Å². The summed E-state index contributed by atoms with van der Waals surface area (Å²) in [5.74, 6) is -0.809. The zero-order valence-corrected chi connectivity index (χ0v) is 11.2. The van der Waals surface area contributed by atoms with Crippen molar-refractivity contribution < 1.29 is 14.6 Å². The van der Waals surface area contributed by atoms with Gasteiger partial charge in [0.25, 0.3) is 0 Å². The van der Waals surface area contributed by atoms with Crippen molar-refractivity contribution in [3.05, 3.63) is 0 Å². The molecule has 3 N–H and O–H groups in total. The topological polar surface area (TPSA) is 75.8 Å². The predicted molar refractivity (Wildman–Crippen MR) is 65.9 cm³/mol. The summed E-state index contributed by atoms with van der Waals surface area (Å²) in [5.41, 5.74) is 4.48. The molecule has 0 aromatic rings. The fourth-order valence-electron chi connectivity index (χ4n) is 2.46. The van der Waals surface area contributed by atoms with Crippen LogP contribution in [-0.4, -0.2) is 53.4 Å². The molecule has 1 aliphatic heterocycles. The molecular weight excluding hydrogens is 220 g/mol. The van der Waals surface area contributed by atoms with E-state index in [0.29, 0.717) is 13.0 Å². The third kappa shape index (κ3) is 3.18. The molecule has 0 aliphatic carbocycles. The van der Waals surface area contributed by atoms with Crippen molar-refractivity contribution in [2.45, 2.75) is 50.8 Å². The van der Waals surface area contributed by atoms with Crippen LogP contribution in [0.5, 0.6) is 0 Å². The van der Waals surface area contributed by atoms with E-state index in [2.05, 4.69) is 0 Å². The van der Waals surface area contributed by atoms with Crippen LogP contribution < -0.4 is 5.73 Å². The van der Waals surface area contributed by atoms with Crippen LogP contribution in [0, 0.1) is 0 Å². The molecule has 0 radical (unpaired) electrons. The number of hydrogen-bond acceptors (Lipinski definition) is 4. The Kier molecular flexibility index (Phi) is 4.17. The van der Waals surface area contributed by atoms with Crippen molar-refractivity contribution in [1.29, 1.82) is 0 Å². The number of hydrogen-bond donors (Lipinski definition) is 2. The molecule has 100 valence electrons. The van der Waals surface area contributed by atoms with E-state index in [-0.39, 0.29) is 6.04 Å². The smallest absolute Gasteiger partial charge is 0.323 e. The van der Waals surface area contributed by atoms with Crippen molar-refractivity contribution in [2.75, 3.05) is 20.2 Å². The molecule has 2 unspecified atom stereocenters. The number of nitrogens with zero attached hydrogens (tertiary/aromatic N) is 1. The molecule has 1 heterocycles. The van der Waals surface area contributed by atoms with Gasteiger partial charge < -0.3 is 15.6 Å². The maximum Gasteiger partial charge on any atom is 0.323 e. The monoisotopic (exact) mass is 244 g/mol. The summed E-state index contributed by atoms with van der Waals surface area (Å²) in [4.78, 5) is 13.5.